The van der Waals surface area contributed by atoms with Crippen molar-refractivity contribution in [2.45, 2.75) is 12.8 Å². The summed E-state index contributed by atoms with van der Waals surface area (Å²) >= 11 is 7.25. The topological polar surface area (TPSA) is 4.93 Å². The number of hydrogen-bond donors (Lipinski definition) is 0. The van der Waals surface area contributed by atoms with Crippen LogP contribution >= 0.6 is 31.9 Å². The molecule has 4 heteroatoms. The van der Waals surface area contributed by atoms with Crippen LogP contribution in [0.1, 0.15) is 11.1 Å². The Kier molecular flexibility index (Phi) is 2.55. The van der Waals surface area contributed by atoms with Crippen molar-refractivity contribution in [1.82, 2.24) is 4.57 Å². The van der Waals surface area contributed by atoms with Crippen LogP contribution in [0.3, 0.4) is 0 Å². The number of halogens is 2. The van der Waals surface area contributed by atoms with Gasteiger partial charge in [-0.25, -0.2) is 0 Å². The van der Waals surface area contributed by atoms with Crippen molar-refractivity contribution in [1.29, 1.82) is 0 Å². The average molecular weight is 375 g/mol. The van der Waals surface area contributed by atoms with Crippen molar-refractivity contribution in [3.8, 4) is 0 Å². The van der Waals surface area contributed by atoms with Gasteiger partial charge in [-0.3, -0.25) is 0 Å². The van der Waals surface area contributed by atoms with Gasteiger partial charge >= 0.3 is 129 Å². The molecule has 19 heavy (non-hydrogen) atoms. The van der Waals surface area contributed by atoms with Crippen molar-refractivity contribution < 1.29 is 0 Å². The van der Waals surface area contributed by atoms with Crippen LogP contribution < -0.4 is 0 Å². The van der Waals surface area contributed by atoms with Crippen molar-refractivity contribution in [3.63, 3.8) is 0 Å². The van der Waals surface area contributed by atoms with E-state index in [0.29, 0.717) is 0 Å². The summed E-state index contributed by atoms with van der Waals surface area (Å²) in [5, 5.41) is 2.79. The molecular weight excluding hydrogens is 365 g/mol. The van der Waals surface area contributed by atoms with E-state index >= 15 is 0 Å². The Bertz CT molecular complexity index is 797. The summed E-state index contributed by atoms with van der Waals surface area (Å²) in [5.41, 5.74) is 5.36. The Morgan fingerprint density at radius 2 is 1.37 bits per heavy atom. The SMILES string of the molecule is B=Cn1c2cc(Br)cc3c2c2c(cc(Br)cc21)CC3. The van der Waals surface area contributed by atoms with Crippen LogP contribution in [-0.4, -0.2) is 18.1 Å². The van der Waals surface area contributed by atoms with Gasteiger partial charge in [-0.05, 0) is 0 Å². The fraction of sp³-hybridized carbons (Fsp3) is 0.133. The van der Waals surface area contributed by atoms with E-state index in [1.165, 1.54) is 32.9 Å². The van der Waals surface area contributed by atoms with Crippen LogP contribution in [0, 0.1) is 0 Å². The molecule has 2 aromatic carbocycles. The summed E-state index contributed by atoms with van der Waals surface area (Å²) in [6, 6.07) is 8.87. The van der Waals surface area contributed by atoms with Gasteiger partial charge < -0.3 is 0 Å². The second-order valence-electron chi connectivity index (χ2n) is 4.97. The zero-order valence-electron chi connectivity index (χ0n) is 10.2. The Hall–Kier alpha value is -0.865. The minimum absolute atomic E-state index is 1.11. The third-order valence-corrected chi connectivity index (χ3v) is 4.86. The van der Waals surface area contributed by atoms with E-state index in [1.54, 1.807) is 0 Å². The molecule has 0 atom stereocenters. The van der Waals surface area contributed by atoms with Gasteiger partial charge in [-0.1, -0.05) is 0 Å². The molecule has 0 aliphatic heterocycles. The Balaban J connectivity index is 2.39. The molecule has 0 saturated heterocycles. The van der Waals surface area contributed by atoms with Crippen LogP contribution in [0.15, 0.2) is 33.2 Å². The van der Waals surface area contributed by atoms with Crippen LogP contribution in [-0.2, 0) is 12.8 Å². The van der Waals surface area contributed by atoms with Gasteiger partial charge in [0, 0.05) is 0 Å². The first-order valence-electron chi connectivity index (χ1n) is 6.26. The van der Waals surface area contributed by atoms with Gasteiger partial charge in [0.1, 0.15) is 0 Å². The summed E-state index contributed by atoms with van der Waals surface area (Å²) in [6.45, 7) is 0. The number of benzene rings is 2. The van der Waals surface area contributed by atoms with E-state index in [0.717, 1.165) is 21.8 Å². The van der Waals surface area contributed by atoms with Crippen molar-refractivity contribution in [2.75, 3.05) is 0 Å². The summed E-state index contributed by atoms with van der Waals surface area (Å²) in [4.78, 5) is 0. The molecule has 1 nitrogen and oxygen atoms in total. The fourth-order valence-corrected chi connectivity index (χ4v) is 4.23. The number of aromatic nitrogens is 1. The summed E-state index contributed by atoms with van der Waals surface area (Å²) < 4.78 is 4.48. The molecular formula is C15H10BBr2N. The first kappa shape index (κ1) is 11.9. The molecule has 0 radical (unpaired) electrons. The fourth-order valence-electron chi connectivity index (χ4n) is 3.24. The third kappa shape index (κ3) is 1.56. The van der Waals surface area contributed by atoms with E-state index in [1.807, 2.05) is 6.09 Å². The van der Waals surface area contributed by atoms with Crippen molar-refractivity contribution in [3.05, 3.63) is 44.3 Å². The molecule has 0 spiro atoms. The van der Waals surface area contributed by atoms with Gasteiger partial charge in [0.05, 0.1) is 0 Å². The van der Waals surface area contributed by atoms with E-state index in [2.05, 4.69) is 68.2 Å². The second kappa shape index (κ2) is 4.06. The zero-order valence-corrected chi connectivity index (χ0v) is 13.4. The maximum absolute atomic E-state index is 3.97. The minimum atomic E-state index is 1.11. The van der Waals surface area contributed by atoms with Gasteiger partial charge in [0.2, 0.25) is 0 Å². The molecule has 0 saturated carbocycles. The molecule has 0 unspecified atom stereocenters. The molecule has 0 N–H and O–H groups in total. The molecule has 1 heterocycles. The molecule has 3 aromatic rings. The number of aryl methyl sites for hydroxylation is 2. The second-order valence-corrected chi connectivity index (χ2v) is 6.80. The molecule has 92 valence electrons. The first-order chi connectivity index (χ1) is 9.19. The van der Waals surface area contributed by atoms with Gasteiger partial charge in [-0.15, -0.1) is 0 Å². The maximum atomic E-state index is 3.97. The van der Waals surface area contributed by atoms with Crippen LogP contribution in [0.4, 0.5) is 0 Å². The van der Waals surface area contributed by atoms with Crippen molar-refractivity contribution in [2.24, 2.45) is 0 Å². The number of rotatable bonds is 1. The predicted molar refractivity (Wildman–Crippen MR) is 90.9 cm³/mol. The van der Waals surface area contributed by atoms with E-state index in [4.69, 9.17) is 0 Å². The van der Waals surface area contributed by atoms with Gasteiger partial charge in [0.25, 0.3) is 0 Å². The molecule has 1 aliphatic rings. The van der Waals surface area contributed by atoms with Gasteiger partial charge in [-0.2, -0.15) is 0 Å². The monoisotopic (exact) mass is 373 g/mol. The molecule has 0 bridgehead atoms. The molecule has 1 aromatic heterocycles. The Morgan fingerprint density at radius 3 is 1.79 bits per heavy atom. The molecule has 1 aliphatic carbocycles. The van der Waals surface area contributed by atoms with Crippen LogP contribution in [0.2, 0.25) is 0 Å². The third-order valence-electron chi connectivity index (χ3n) is 3.94. The quantitative estimate of drug-likeness (QED) is 0.569. The van der Waals surface area contributed by atoms with E-state index < -0.39 is 0 Å². The van der Waals surface area contributed by atoms with E-state index in [-0.39, 0.29) is 0 Å². The summed E-state index contributed by atoms with van der Waals surface area (Å²) in [6.07, 6.45) is 4.12. The van der Waals surface area contributed by atoms with Gasteiger partial charge in [0.15, 0.2) is 0 Å². The Labute approximate surface area is 128 Å². The molecule has 0 amide bonds. The average Bonchev–Trinajstić information content (AvgIpc) is 2.68. The first-order valence-corrected chi connectivity index (χ1v) is 7.84. The van der Waals surface area contributed by atoms with Crippen LogP contribution in [0.5, 0.6) is 0 Å². The Morgan fingerprint density at radius 1 is 0.895 bits per heavy atom. The van der Waals surface area contributed by atoms with Crippen LogP contribution in [0.25, 0.3) is 21.8 Å². The summed E-state index contributed by atoms with van der Waals surface area (Å²) in [5.74, 6) is 0. The number of nitrogens with zero attached hydrogens (tertiary/aromatic N) is 1. The normalized spacial score (nSPS) is 13.5. The van der Waals surface area contributed by atoms with Crippen molar-refractivity contribution >= 4 is 67.2 Å². The zero-order chi connectivity index (χ0) is 13.1. The number of hydrogen-bond acceptors (Lipinski definition) is 0. The predicted octanol–water partition coefficient (Wildman–Crippen LogP) is 3.93. The summed E-state index contributed by atoms with van der Waals surface area (Å²) in [7, 11) is 3.97. The standard InChI is InChI=1S/C15H10BBr2N/c16-7-19-12-5-10(17)3-8-1-2-9-4-11(18)6-13(19)15(9)14(8)12/h3-7,16H,1-2H2. The molecule has 4 rings (SSSR count). The molecule has 0 fully saturated rings. The van der Waals surface area contributed by atoms with E-state index in [9.17, 15) is 0 Å².